The molecular weight excluding hydrogens is 262 g/mol. The second-order valence-electron chi connectivity index (χ2n) is 4.15. The fourth-order valence-corrected chi connectivity index (χ4v) is 1.92. The van der Waals surface area contributed by atoms with Crippen LogP contribution in [0.25, 0.3) is 0 Å². The van der Waals surface area contributed by atoms with Gasteiger partial charge in [0, 0.05) is 29.0 Å². The average molecular weight is 276 g/mol. The Bertz CT molecular complexity index is 613. The van der Waals surface area contributed by atoms with E-state index >= 15 is 0 Å². The van der Waals surface area contributed by atoms with Gasteiger partial charge in [-0.2, -0.15) is 0 Å². The summed E-state index contributed by atoms with van der Waals surface area (Å²) in [5.41, 5.74) is 8.36. The van der Waals surface area contributed by atoms with E-state index in [1.165, 1.54) is 0 Å². The van der Waals surface area contributed by atoms with E-state index in [4.69, 9.17) is 17.3 Å². The number of hydrogen-bond acceptors (Lipinski definition) is 3. The van der Waals surface area contributed by atoms with Gasteiger partial charge in [0.05, 0.1) is 5.69 Å². The monoisotopic (exact) mass is 275 g/mol. The molecule has 0 unspecified atom stereocenters. The van der Waals surface area contributed by atoms with E-state index in [0.29, 0.717) is 22.8 Å². The molecule has 1 heterocycles. The third-order valence-electron chi connectivity index (χ3n) is 2.72. The van der Waals surface area contributed by atoms with Crippen molar-refractivity contribution in [1.82, 2.24) is 4.98 Å². The number of aryl methyl sites for hydroxylation is 1. The molecule has 4 nitrogen and oxygen atoms in total. The zero-order chi connectivity index (χ0) is 13.8. The van der Waals surface area contributed by atoms with Crippen molar-refractivity contribution in [2.24, 2.45) is 5.73 Å². The molecular formula is C14H14ClN3O. The van der Waals surface area contributed by atoms with E-state index in [1.807, 2.05) is 6.92 Å². The Balaban J connectivity index is 2.20. The van der Waals surface area contributed by atoms with Gasteiger partial charge < -0.3 is 11.1 Å². The Morgan fingerprint density at radius 1 is 1.37 bits per heavy atom. The van der Waals surface area contributed by atoms with Crippen LogP contribution in [0.5, 0.6) is 0 Å². The number of rotatable bonds is 3. The van der Waals surface area contributed by atoms with Crippen molar-refractivity contribution in [1.29, 1.82) is 0 Å². The van der Waals surface area contributed by atoms with Gasteiger partial charge in [-0.05, 0) is 42.8 Å². The quantitative estimate of drug-likeness (QED) is 0.905. The van der Waals surface area contributed by atoms with Gasteiger partial charge in [-0.25, -0.2) is 0 Å². The van der Waals surface area contributed by atoms with Crippen LogP contribution in [0.15, 0.2) is 36.5 Å². The van der Waals surface area contributed by atoms with Gasteiger partial charge in [0.25, 0.3) is 5.91 Å². The normalized spacial score (nSPS) is 10.3. The fourth-order valence-electron chi connectivity index (χ4n) is 1.69. The van der Waals surface area contributed by atoms with E-state index in [2.05, 4.69) is 10.3 Å². The Hall–Kier alpha value is -1.91. The number of pyridine rings is 1. The molecule has 98 valence electrons. The lowest BCUT2D eigenvalue weighted by Gasteiger charge is -2.09. The third-order valence-corrected chi connectivity index (χ3v) is 2.96. The molecule has 19 heavy (non-hydrogen) atoms. The van der Waals surface area contributed by atoms with Crippen molar-refractivity contribution >= 4 is 23.2 Å². The third kappa shape index (κ3) is 3.30. The number of nitrogens with zero attached hydrogens (tertiary/aromatic N) is 1. The van der Waals surface area contributed by atoms with Crippen LogP contribution in [-0.4, -0.2) is 10.9 Å². The topological polar surface area (TPSA) is 68.0 Å². The minimum absolute atomic E-state index is 0.192. The molecule has 1 aromatic heterocycles. The summed E-state index contributed by atoms with van der Waals surface area (Å²) in [7, 11) is 0. The number of hydrogen-bond donors (Lipinski definition) is 2. The van der Waals surface area contributed by atoms with Gasteiger partial charge in [-0.1, -0.05) is 11.6 Å². The van der Waals surface area contributed by atoms with Crippen molar-refractivity contribution in [3.63, 3.8) is 0 Å². The summed E-state index contributed by atoms with van der Waals surface area (Å²) in [4.78, 5) is 16.2. The number of amides is 1. The second-order valence-corrected chi connectivity index (χ2v) is 4.59. The number of nitrogens with one attached hydrogen (secondary N) is 1. The van der Waals surface area contributed by atoms with Crippen molar-refractivity contribution in [3.05, 3.63) is 58.4 Å². The molecule has 1 amide bonds. The van der Waals surface area contributed by atoms with Crippen LogP contribution in [0.3, 0.4) is 0 Å². The van der Waals surface area contributed by atoms with Gasteiger partial charge in [0.2, 0.25) is 0 Å². The Kier molecular flexibility index (Phi) is 4.14. The van der Waals surface area contributed by atoms with Crippen LogP contribution in [0.2, 0.25) is 5.02 Å². The highest BCUT2D eigenvalue weighted by Gasteiger charge is 2.08. The lowest BCUT2D eigenvalue weighted by atomic mass is 10.1. The fraction of sp³-hybridized carbons (Fsp3) is 0.143. The van der Waals surface area contributed by atoms with Crippen LogP contribution >= 0.6 is 11.6 Å². The summed E-state index contributed by atoms with van der Waals surface area (Å²) in [5, 5.41) is 3.48. The van der Waals surface area contributed by atoms with Crippen molar-refractivity contribution in [2.45, 2.75) is 13.5 Å². The van der Waals surface area contributed by atoms with Crippen LogP contribution in [0.1, 0.15) is 21.6 Å². The highest BCUT2D eigenvalue weighted by Crippen LogP contribution is 2.20. The highest BCUT2D eigenvalue weighted by atomic mass is 35.5. The van der Waals surface area contributed by atoms with E-state index in [1.54, 1.807) is 36.5 Å². The zero-order valence-corrected chi connectivity index (χ0v) is 11.2. The number of carbonyl (C=O) groups is 1. The number of anilines is 1. The number of halogens is 1. The van der Waals surface area contributed by atoms with Crippen LogP contribution in [0, 0.1) is 6.92 Å². The number of benzene rings is 1. The summed E-state index contributed by atoms with van der Waals surface area (Å²) < 4.78 is 0. The number of carbonyl (C=O) groups excluding carboxylic acids is 1. The van der Waals surface area contributed by atoms with Crippen molar-refractivity contribution < 1.29 is 4.79 Å². The average Bonchev–Trinajstić information content (AvgIpc) is 2.42. The van der Waals surface area contributed by atoms with Gasteiger partial charge >= 0.3 is 0 Å². The minimum atomic E-state index is -0.192. The maximum absolute atomic E-state index is 12.1. The first kappa shape index (κ1) is 13.5. The first-order chi connectivity index (χ1) is 9.10. The van der Waals surface area contributed by atoms with Crippen LogP contribution in [-0.2, 0) is 6.54 Å². The molecule has 0 aliphatic carbocycles. The highest BCUT2D eigenvalue weighted by molar-refractivity contribution is 6.30. The van der Waals surface area contributed by atoms with Crippen LogP contribution in [0.4, 0.5) is 5.69 Å². The Labute approximate surface area is 116 Å². The van der Waals surface area contributed by atoms with Gasteiger partial charge in [0.1, 0.15) is 0 Å². The van der Waals surface area contributed by atoms with E-state index in [9.17, 15) is 4.79 Å². The summed E-state index contributed by atoms with van der Waals surface area (Å²) in [6.07, 6.45) is 1.58. The summed E-state index contributed by atoms with van der Waals surface area (Å²) in [6.45, 7) is 2.19. The molecule has 0 bridgehead atoms. The number of aromatic nitrogens is 1. The van der Waals surface area contributed by atoms with Crippen LogP contribution < -0.4 is 11.1 Å². The molecule has 0 fully saturated rings. The summed E-state index contributed by atoms with van der Waals surface area (Å²) in [5.74, 6) is -0.192. The van der Waals surface area contributed by atoms with Gasteiger partial charge in [-0.15, -0.1) is 0 Å². The smallest absolute Gasteiger partial charge is 0.255 e. The molecule has 0 radical (unpaired) electrons. The number of nitrogens with two attached hydrogens (primary N) is 1. The molecule has 5 heteroatoms. The van der Waals surface area contributed by atoms with Gasteiger partial charge in [0.15, 0.2) is 0 Å². The SMILES string of the molecule is Cc1cc(Cl)ccc1NC(=O)c1ccnc(CN)c1. The minimum Gasteiger partial charge on any atom is -0.325 e. The lowest BCUT2D eigenvalue weighted by Crippen LogP contribution is -2.14. The molecule has 2 rings (SSSR count). The summed E-state index contributed by atoms with van der Waals surface area (Å²) >= 11 is 5.88. The van der Waals surface area contributed by atoms with Crippen molar-refractivity contribution in [2.75, 3.05) is 5.32 Å². The van der Waals surface area contributed by atoms with E-state index < -0.39 is 0 Å². The molecule has 2 aromatic rings. The molecule has 0 saturated carbocycles. The first-order valence-electron chi connectivity index (χ1n) is 5.82. The molecule has 3 N–H and O–H groups in total. The molecule has 0 aliphatic rings. The zero-order valence-electron chi connectivity index (χ0n) is 10.5. The van der Waals surface area contributed by atoms with Gasteiger partial charge in [-0.3, -0.25) is 9.78 Å². The molecule has 0 spiro atoms. The maximum Gasteiger partial charge on any atom is 0.255 e. The predicted molar refractivity (Wildman–Crippen MR) is 76.3 cm³/mol. The molecule has 0 atom stereocenters. The van der Waals surface area contributed by atoms with E-state index in [0.717, 1.165) is 11.3 Å². The standard InChI is InChI=1S/C14H14ClN3O/c1-9-6-11(15)2-3-13(9)18-14(19)10-4-5-17-12(7-10)8-16/h2-7H,8,16H2,1H3,(H,18,19). The Morgan fingerprint density at radius 3 is 2.84 bits per heavy atom. The predicted octanol–water partition coefficient (Wildman–Crippen LogP) is 2.75. The van der Waals surface area contributed by atoms with E-state index in [-0.39, 0.29) is 5.91 Å². The molecule has 0 saturated heterocycles. The largest absolute Gasteiger partial charge is 0.325 e. The molecule has 0 aliphatic heterocycles. The first-order valence-corrected chi connectivity index (χ1v) is 6.20. The summed E-state index contributed by atoms with van der Waals surface area (Å²) in [6, 6.07) is 8.65. The molecule has 1 aromatic carbocycles. The maximum atomic E-state index is 12.1. The second kappa shape index (κ2) is 5.82. The van der Waals surface area contributed by atoms with Crippen molar-refractivity contribution in [3.8, 4) is 0 Å². The Morgan fingerprint density at radius 2 is 2.16 bits per heavy atom. The lowest BCUT2D eigenvalue weighted by molar-refractivity contribution is 0.102.